The standard InChI is InChI=1S/C15H22N4OS/c1-19(12-6-3-2-5-11(12)9-16)10-14-17-18-15(20-14)13-7-4-8-21-13/h4,7-8,11-12H,2-3,5-6,9-10,16H2,1H3. The largest absolute Gasteiger partial charge is 0.419 e. The van der Waals surface area contributed by atoms with Gasteiger partial charge in [0.25, 0.3) is 5.89 Å². The maximum absolute atomic E-state index is 5.92. The number of aromatic nitrogens is 2. The molecule has 6 heteroatoms. The zero-order chi connectivity index (χ0) is 14.7. The molecule has 0 spiro atoms. The summed E-state index contributed by atoms with van der Waals surface area (Å²) in [4.78, 5) is 3.34. The summed E-state index contributed by atoms with van der Waals surface area (Å²) in [7, 11) is 2.13. The van der Waals surface area contributed by atoms with Crippen molar-refractivity contribution in [1.82, 2.24) is 15.1 Å². The van der Waals surface area contributed by atoms with Crippen molar-refractivity contribution in [2.75, 3.05) is 13.6 Å². The number of nitrogens with zero attached hydrogens (tertiary/aromatic N) is 3. The molecule has 2 heterocycles. The van der Waals surface area contributed by atoms with E-state index in [-0.39, 0.29) is 0 Å². The van der Waals surface area contributed by atoms with Crippen LogP contribution in [0, 0.1) is 5.92 Å². The van der Waals surface area contributed by atoms with Gasteiger partial charge < -0.3 is 10.2 Å². The van der Waals surface area contributed by atoms with E-state index in [9.17, 15) is 0 Å². The third kappa shape index (κ3) is 3.33. The lowest BCUT2D eigenvalue weighted by Crippen LogP contribution is -2.42. The normalized spacial score (nSPS) is 22.8. The fraction of sp³-hybridized carbons (Fsp3) is 0.600. The van der Waals surface area contributed by atoms with Gasteiger partial charge in [0, 0.05) is 6.04 Å². The number of nitrogens with two attached hydrogens (primary N) is 1. The van der Waals surface area contributed by atoms with Gasteiger partial charge in [-0.25, -0.2) is 0 Å². The third-order valence-corrected chi connectivity index (χ3v) is 5.18. The van der Waals surface area contributed by atoms with Crippen molar-refractivity contribution < 1.29 is 4.42 Å². The van der Waals surface area contributed by atoms with Crippen LogP contribution in [0.4, 0.5) is 0 Å². The van der Waals surface area contributed by atoms with Gasteiger partial charge in [-0.1, -0.05) is 18.9 Å². The van der Waals surface area contributed by atoms with Crippen LogP contribution in [0.25, 0.3) is 10.8 Å². The van der Waals surface area contributed by atoms with E-state index in [0.717, 1.165) is 11.4 Å². The van der Waals surface area contributed by atoms with Crippen molar-refractivity contribution in [2.24, 2.45) is 11.7 Å². The number of hydrogen-bond donors (Lipinski definition) is 1. The van der Waals surface area contributed by atoms with Crippen molar-refractivity contribution >= 4 is 11.3 Å². The summed E-state index contributed by atoms with van der Waals surface area (Å²) in [5, 5.41) is 10.3. The summed E-state index contributed by atoms with van der Waals surface area (Å²) >= 11 is 1.61. The van der Waals surface area contributed by atoms with Crippen LogP contribution in [-0.4, -0.2) is 34.7 Å². The molecule has 3 rings (SSSR count). The molecule has 1 saturated carbocycles. The Morgan fingerprint density at radius 1 is 1.38 bits per heavy atom. The number of hydrogen-bond acceptors (Lipinski definition) is 6. The van der Waals surface area contributed by atoms with Gasteiger partial charge >= 0.3 is 0 Å². The molecule has 0 aliphatic heterocycles. The second-order valence-electron chi connectivity index (χ2n) is 5.74. The van der Waals surface area contributed by atoms with Gasteiger partial charge in [0.15, 0.2) is 0 Å². The van der Waals surface area contributed by atoms with Crippen LogP contribution in [0.3, 0.4) is 0 Å². The summed E-state index contributed by atoms with van der Waals surface area (Å²) in [5.74, 6) is 1.89. The van der Waals surface area contributed by atoms with Crippen LogP contribution in [0.15, 0.2) is 21.9 Å². The third-order valence-electron chi connectivity index (χ3n) is 4.32. The topological polar surface area (TPSA) is 68.2 Å². The molecule has 1 fully saturated rings. The van der Waals surface area contributed by atoms with Gasteiger partial charge in [0.05, 0.1) is 11.4 Å². The van der Waals surface area contributed by atoms with E-state index in [0.29, 0.717) is 30.3 Å². The molecule has 0 saturated heterocycles. The van der Waals surface area contributed by atoms with Crippen molar-refractivity contribution in [1.29, 1.82) is 0 Å². The van der Waals surface area contributed by atoms with E-state index in [2.05, 4.69) is 22.1 Å². The van der Waals surface area contributed by atoms with E-state index in [1.54, 1.807) is 11.3 Å². The summed E-state index contributed by atoms with van der Waals surface area (Å²) in [6, 6.07) is 4.52. The molecule has 21 heavy (non-hydrogen) atoms. The predicted octanol–water partition coefficient (Wildman–Crippen LogP) is 2.75. The van der Waals surface area contributed by atoms with E-state index >= 15 is 0 Å². The zero-order valence-electron chi connectivity index (χ0n) is 12.4. The minimum Gasteiger partial charge on any atom is -0.419 e. The van der Waals surface area contributed by atoms with Crippen LogP contribution in [-0.2, 0) is 6.54 Å². The van der Waals surface area contributed by atoms with E-state index < -0.39 is 0 Å². The maximum atomic E-state index is 5.92. The fourth-order valence-corrected chi connectivity index (χ4v) is 3.84. The Kier molecular flexibility index (Phi) is 4.67. The Bertz CT molecular complexity index is 554. The molecule has 5 nitrogen and oxygen atoms in total. The molecule has 0 aromatic carbocycles. The Hall–Kier alpha value is -1.24. The lowest BCUT2D eigenvalue weighted by Gasteiger charge is -2.36. The lowest BCUT2D eigenvalue weighted by atomic mass is 9.84. The van der Waals surface area contributed by atoms with Crippen LogP contribution in [0.2, 0.25) is 0 Å². The minimum atomic E-state index is 0.529. The fourth-order valence-electron chi connectivity index (χ4n) is 3.19. The van der Waals surface area contributed by atoms with Crippen molar-refractivity contribution in [3.8, 4) is 10.8 Å². The first kappa shape index (κ1) is 14.7. The molecular weight excluding hydrogens is 284 g/mol. The molecule has 114 valence electrons. The first-order valence-corrected chi connectivity index (χ1v) is 8.42. The Labute approximate surface area is 129 Å². The Morgan fingerprint density at radius 2 is 2.24 bits per heavy atom. The average molecular weight is 306 g/mol. The van der Waals surface area contributed by atoms with Gasteiger partial charge in [0.1, 0.15) is 0 Å². The molecular formula is C15H22N4OS. The maximum Gasteiger partial charge on any atom is 0.257 e. The van der Waals surface area contributed by atoms with Gasteiger partial charge in [-0.3, -0.25) is 4.90 Å². The summed E-state index contributed by atoms with van der Waals surface area (Å²) in [6.07, 6.45) is 5.03. The van der Waals surface area contributed by atoms with Crippen molar-refractivity contribution in [2.45, 2.75) is 38.3 Å². The average Bonchev–Trinajstić information content (AvgIpc) is 3.17. The number of thiophene rings is 1. The first-order valence-electron chi connectivity index (χ1n) is 7.54. The van der Waals surface area contributed by atoms with Crippen LogP contribution in [0.5, 0.6) is 0 Å². The second-order valence-corrected chi connectivity index (χ2v) is 6.69. The summed E-state index contributed by atoms with van der Waals surface area (Å²) in [5.41, 5.74) is 5.92. The van der Waals surface area contributed by atoms with Crippen LogP contribution in [0.1, 0.15) is 31.6 Å². The first-order chi connectivity index (χ1) is 10.3. The second kappa shape index (κ2) is 6.68. The smallest absolute Gasteiger partial charge is 0.257 e. The monoisotopic (exact) mass is 306 g/mol. The highest BCUT2D eigenvalue weighted by atomic mass is 32.1. The van der Waals surface area contributed by atoms with Crippen LogP contribution >= 0.6 is 11.3 Å². The molecule has 2 atom stereocenters. The minimum absolute atomic E-state index is 0.529. The van der Waals surface area contributed by atoms with E-state index in [4.69, 9.17) is 10.2 Å². The van der Waals surface area contributed by atoms with Gasteiger partial charge in [-0.15, -0.1) is 21.5 Å². The molecule has 2 aromatic rings. The molecule has 2 unspecified atom stereocenters. The quantitative estimate of drug-likeness (QED) is 0.920. The van der Waals surface area contributed by atoms with Crippen molar-refractivity contribution in [3.63, 3.8) is 0 Å². The van der Waals surface area contributed by atoms with Crippen molar-refractivity contribution in [3.05, 3.63) is 23.4 Å². The van der Waals surface area contributed by atoms with Gasteiger partial charge in [0.2, 0.25) is 5.89 Å². The molecule has 2 N–H and O–H groups in total. The Morgan fingerprint density at radius 3 is 3.00 bits per heavy atom. The molecule has 2 aromatic heterocycles. The van der Waals surface area contributed by atoms with E-state index in [1.165, 1.54) is 25.7 Å². The SMILES string of the molecule is CN(Cc1nnc(-c2cccs2)o1)C1CCCCC1CN. The highest BCUT2D eigenvalue weighted by Gasteiger charge is 2.28. The Balaban J connectivity index is 1.65. The molecule has 0 amide bonds. The van der Waals surface area contributed by atoms with Gasteiger partial charge in [-0.05, 0) is 43.8 Å². The number of rotatable bonds is 5. The molecule has 0 bridgehead atoms. The lowest BCUT2D eigenvalue weighted by molar-refractivity contribution is 0.118. The van der Waals surface area contributed by atoms with Crippen LogP contribution < -0.4 is 5.73 Å². The van der Waals surface area contributed by atoms with E-state index in [1.807, 2.05) is 17.5 Å². The molecule has 0 radical (unpaired) electrons. The molecule has 1 aliphatic rings. The zero-order valence-corrected chi connectivity index (χ0v) is 13.2. The highest BCUT2D eigenvalue weighted by molar-refractivity contribution is 7.13. The summed E-state index contributed by atoms with van der Waals surface area (Å²) in [6.45, 7) is 1.46. The molecule has 1 aliphatic carbocycles. The summed E-state index contributed by atoms with van der Waals surface area (Å²) < 4.78 is 5.77. The predicted molar refractivity (Wildman–Crippen MR) is 83.9 cm³/mol. The van der Waals surface area contributed by atoms with Gasteiger partial charge in [-0.2, -0.15) is 0 Å². The highest BCUT2D eigenvalue weighted by Crippen LogP contribution is 2.28.